The Morgan fingerprint density at radius 1 is 1.32 bits per heavy atom. The lowest BCUT2D eigenvalue weighted by molar-refractivity contribution is 0.289. The predicted molar refractivity (Wildman–Crippen MR) is 85.0 cm³/mol. The molecule has 0 spiro atoms. The van der Waals surface area contributed by atoms with Crippen molar-refractivity contribution < 1.29 is 5.11 Å². The van der Waals surface area contributed by atoms with E-state index in [9.17, 15) is 0 Å². The van der Waals surface area contributed by atoms with Crippen molar-refractivity contribution in [2.45, 2.75) is 43.9 Å². The first kappa shape index (κ1) is 16.8. The fraction of sp³-hybridized carbons (Fsp3) is 0.600. The number of nitrogens with one attached hydrogen (secondary N) is 1. The highest BCUT2D eigenvalue weighted by Gasteiger charge is 2.09. The molecule has 2 nitrogen and oxygen atoms in total. The van der Waals surface area contributed by atoms with Crippen molar-refractivity contribution in [1.29, 1.82) is 0 Å². The zero-order valence-electron chi connectivity index (χ0n) is 11.9. The van der Waals surface area contributed by atoms with Crippen LogP contribution in [0.5, 0.6) is 0 Å². The number of aliphatic hydroxyl groups excluding tert-OH is 1. The molecule has 1 rings (SSSR count). The van der Waals surface area contributed by atoms with Gasteiger partial charge in [-0.15, -0.1) is 11.8 Å². The number of thioether (sulfide) groups is 1. The lowest BCUT2D eigenvalue weighted by Gasteiger charge is -2.15. The predicted octanol–water partition coefficient (Wildman–Crippen LogP) is 3.95. The van der Waals surface area contributed by atoms with Crippen LogP contribution in [0.15, 0.2) is 23.1 Å². The van der Waals surface area contributed by atoms with Crippen LogP contribution in [0.25, 0.3) is 0 Å². The van der Waals surface area contributed by atoms with Crippen LogP contribution in [0.3, 0.4) is 0 Å². The van der Waals surface area contributed by atoms with Gasteiger partial charge in [0.1, 0.15) is 0 Å². The van der Waals surface area contributed by atoms with Crippen LogP contribution in [0, 0.1) is 5.92 Å². The lowest BCUT2D eigenvalue weighted by atomic mass is 10.2. The number of rotatable bonds is 8. The topological polar surface area (TPSA) is 32.3 Å². The monoisotopic (exact) mass is 301 g/mol. The summed E-state index contributed by atoms with van der Waals surface area (Å²) in [7, 11) is 0. The largest absolute Gasteiger partial charge is 0.396 e. The van der Waals surface area contributed by atoms with E-state index in [0.29, 0.717) is 11.2 Å². The fourth-order valence-corrected chi connectivity index (χ4v) is 3.12. The minimum Gasteiger partial charge on any atom is -0.396 e. The first-order chi connectivity index (χ1) is 9.02. The van der Waals surface area contributed by atoms with E-state index in [1.54, 1.807) is 11.8 Å². The molecule has 0 aromatic heterocycles. The Morgan fingerprint density at radius 2 is 2.05 bits per heavy atom. The number of halogens is 1. The highest BCUT2D eigenvalue weighted by molar-refractivity contribution is 8.00. The summed E-state index contributed by atoms with van der Waals surface area (Å²) in [5, 5.41) is 13.6. The second-order valence-corrected chi connectivity index (χ2v) is 7.13. The van der Waals surface area contributed by atoms with E-state index in [0.717, 1.165) is 24.5 Å². The van der Waals surface area contributed by atoms with Gasteiger partial charge in [-0.3, -0.25) is 0 Å². The van der Waals surface area contributed by atoms with Gasteiger partial charge in [-0.1, -0.05) is 38.4 Å². The van der Waals surface area contributed by atoms with Gasteiger partial charge in [0, 0.05) is 28.3 Å². The smallest absolute Gasteiger partial charge is 0.0441 e. The summed E-state index contributed by atoms with van der Waals surface area (Å²) in [5.74, 6) is 0.650. The van der Waals surface area contributed by atoms with Gasteiger partial charge in [0.05, 0.1) is 0 Å². The maximum Gasteiger partial charge on any atom is 0.0441 e. The van der Waals surface area contributed by atoms with Gasteiger partial charge in [0.2, 0.25) is 0 Å². The molecule has 0 aliphatic rings. The molecule has 0 fully saturated rings. The van der Waals surface area contributed by atoms with Crippen LogP contribution < -0.4 is 5.32 Å². The molecular weight excluding hydrogens is 278 g/mol. The first-order valence-electron chi connectivity index (χ1n) is 6.79. The molecule has 4 heteroatoms. The third-order valence-electron chi connectivity index (χ3n) is 2.76. The second kappa shape index (κ2) is 8.85. The minimum absolute atomic E-state index is 0.232. The van der Waals surface area contributed by atoms with E-state index < -0.39 is 0 Å². The Bertz CT molecular complexity index is 384. The molecule has 0 saturated heterocycles. The quantitative estimate of drug-likeness (QED) is 0.713. The summed E-state index contributed by atoms with van der Waals surface area (Å²) in [5.41, 5.74) is 1.28. The third-order valence-corrected chi connectivity index (χ3v) is 4.27. The van der Waals surface area contributed by atoms with Gasteiger partial charge in [-0.05, 0) is 36.6 Å². The normalized spacial score (nSPS) is 12.9. The van der Waals surface area contributed by atoms with Gasteiger partial charge in [-0.25, -0.2) is 0 Å². The molecule has 0 radical (unpaired) electrons. The maximum atomic E-state index is 8.99. The Balaban J connectivity index is 2.68. The molecule has 2 N–H and O–H groups in total. The lowest BCUT2D eigenvalue weighted by Crippen LogP contribution is -2.19. The van der Waals surface area contributed by atoms with Crippen LogP contribution in [-0.2, 0) is 6.54 Å². The van der Waals surface area contributed by atoms with Crippen molar-refractivity contribution in [3.8, 4) is 0 Å². The van der Waals surface area contributed by atoms with E-state index in [-0.39, 0.29) is 6.61 Å². The second-order valence-electron chi connectivity index (χ2n) is 5.22. The molecule has 0 aliphatic heterocycles. The molecule has 108 valence electrons. The maximum absolute atomic E-state index is 8.99. The molecule has 19 heavy (non-hydrogen) atoms. The van der Waals surface area contributed by atoms with E-state index >= 15 is 0 Å². The Morgan fingerprint density at radius 3 is 2.68 bits per heavy atom. The van der Waals surface area contributed by atoms with Crippen molar-refractivity contribution >= 4 is 23.4 Å². The minimum atomic E-state index is 0.232. The summed E-state index contributed by atoms with van der Waals surface area (Å²) in [6.45, 7) is 8.65. The summed E-state index contributed by atoms with van der Waals surface area (Å²) < 4.78 is 0. The van der Waals surface area contributed by atoms with E-state index in [2.05, 4.69) is 32.2 Å². The van der Waals surface area contributed by atoms with Crippen LogP contribution in [0.1, 0.15) is 32.8 Å². The molecule has 0 heterocycles. The SMILES string of the molecule is CC(C)CNCc1ccc(Cl)cc1SC(C)CCO. The van der Waals surface area contributed by atoms with Gasteiger partial charge in [0.25, 0.3) is 0 Å². The van der Waals surface area contributed by atoms with E-state index in [1.165, 1.54) is 10.5 Å². The van der Waals surface area contributed by atoms with E-state index in [1.807, 2.05) is 12.1 Å². The fourth-order valence-electron chi connectivity index (χ4n) is 1.74. The van der Waals surface area contributed by atoms with Gasteiger partial charge < -0.3 is 10.4 Å². The van der Waals surface area contributed by atoms with Crippen molar-refractivity contribution in [2.75, 3.05) is 13.2 Å². The number of hydrogen-bond acceptors (Lipinski definition) is 3. The Kier molecular flexibility index (Phi) is 7.84. The highest BCUT2D eigenvalue weighted by atomic mass is 35.5. The van der Waals surface area contributed by atoms with Crippen LogP contribution in [0.2, 0.25) is 5.02 Å². The number of hydrogen-bond donors (Lipinski definition) is 2. The highest BCUT2D eigenvalue weighted by Crippen LogP contribution is 2.30. The number of aliphatic hydroxyl groups is 1. The molecule has 0 saturated carbocycles. The Labute approximate surface area is 125 Å². The molecule has 0 bridgehead atoms. The molecule has 0 aliphatic carbocycles. The van der Waals surface area contributed by atoms with Crippen LogP contribution in [0.4, 0.5) is 0 Å². The van der Waals surface area contributed by atoms with Gasteiger partial charge >= 0.3 is 0 Å². The molecular formula is C15H24ClNOS. The van der Waals surface area contributed by atoms with Crippen molar-refractivity contribution in [3.63, 3.8) is 0 Å². The van der Waals surface area contributed by atoms with Crippen molar-refractivity contribution in [3.05, 3.63) is 28.8 Å². The molecule has 1 unspecified atom stereocenters. The van der Waals surface area contributed by atoms with Crippen molar-refractivity contribution in [1.82, 2.24) is 5.32 Å². The van der Waals surface area contributed by atoms with Gasteiger partial charge in [0.15, 0.2) is 0 Å². The van der Waals surface area contributed by atoms with Crippen molar-refractivity contribution in [2.24, 2.45) is 5.92 Å². The summed E-state index contributed by atoms with van der Waals surface area (Å²) >= 11 is 7.86. The van der Waals surface area contributed by atoms with E-state index in [4.69, 9.17) is 16.7 Å². The van der Waals surface area contributed by atoms with Crippen LogP contribution in [-0.4, -0.2) is 23.5 Å². The summed E-state index contributed by atoms with van der Waals surface area (Å²) in [6, 6.07) is 6.05. The van der Waals surface area contributed by atoms with Gasteiger partial charge in [-0.2, -0.15) is 0 Å². The molecule has 0 amide bonds. The molecule has 1 aromatic rings. The average Bonchev–Trinajstić information content (AvgIpc) is 2.31. The zero-order chi connectivity index (χ0) is 14.3. The standard InChI is InChI=1S/C15H24ClNOS/c1-11(2)9-17-10-13-4-5-14(16)8-15(13)19-12(3)6-7-18/h4-5,8,11-12,17-18H,6-7,9-10H2,1-3H3. The number of benzene rings is 1. The third kappa shape index (κ3) is 6.66. The molecule has 1 aromatic carbocycles. The first-order valence-corrected chi connectivity index (χ1v) is 8.05. The Hall–Kier alpha value is -0.220. The summed E-state index contributed by atoms with van der Waals surface area (Å²) in [6.07, 6.45) is 0.802. The summed E-state index contributed by atoms with van der Waals surface area (Å²) in [4.78, 5) is 1.21. The van der Waals surface area contributed by atoms with Crippen LogP contribution >= 0.6 is 23.4 Å². The average molecular weight is 302 g/mol. The zero-order valence-corrected chi connectivity index (χ0v) is 13.5. The molecule has 1 atom stereocenters.